The first-order valence-corrected chi connectivity index (χ1v) is 6.94. The van der Waals surface area contributed by atoms with Gasteiger partial charge in [-0.3, -0.25) is 0 Å². The van der Waals surface area contributed by atoms with Gasteiger partial charge in [-0.05, 0) is 37.9 Å². The van der Waals surface area contributed by atoms with E-state index in [-0.39, 0.29) is 0 Å². The van der Waals surface area contributed by atoms with Crippen molar-refractivity contribution in [2.75, 3.05) is 26.7 Å². The highest BCUT2D eigenvalue weighted by molar-refractivity contribution is 5.33. The van der Waals surface area contributed by atoms with Gasteiger partial charge in [0, 0.05) is 24.7 Å². The van der Waals surface area contributed by atoms with E-state index in [1.165, 1.54) is 38.0 Å². The zero-order chi connectivity index (χ0) is 12.4. The zero-order valence-corrected chi connectivity index (χ0v) is 11.1. The molecular weight excluding hydrogens is 224 g/mol. The van der Waals surface area contributed by atoms with Crippen molar-refractivity contribution in [2.45, 2.75) is 25.4 Å². The lowest BCUT2D eigenvalue weighted by Crippen LogP contribution is -2.55. The molecule has 1 N–H and O–H groups in total. The van der Waals surface area contributed by atoms with E-state index in [0.717, 1.165) is 18.2 Å². The Morgan fingerprint density at radius 3 is 2.72 bits per heavy atom. The van der Waals surface area contributed by atoms with Crippen LogP contribution in [0.3, 0.4) is 0 Å². The molecule has 3 aliphatic heterocycles. The van der Waals surface area contributed by atoms with Crippen molar-refractivity contribution in [2.24, 2.45) is 5.92 Å². The van der Waals surface area contributed by atoms with E-state index in [0.29, 0.717) is 6.04 Å². The van der Waals surface area contributed by atoms with Gasteiger partial charge >= 0.3 is 0 Å². The van der Waals surface area contributed by atoms with E-state index in [1.54, 1.807) is 7.11 Å². The van der Waals surface area contributed by atoms with E-state index in [4.69, 9.17) is 4.74 Å². The average Bonchev–Trinajstić information content (AvgIpc) is 2.46. The maximum absolute atomic E-state index is 5.40. The Morgan fingerprint density at radius 1 is 1.28 bits per heavy atom. The fourth-order valence-corrected chi connectivity index (χ4v) is 3.29. The number of hydrogen-bond acceptors (Lipinski definition) is 3. The zero-order valence-electron chi connectivity index (χ0n) is 11.1. The Balaban J connectivity index is 1.61. The van der Waals surface area contributed by atoms with Gasteiger partial charge in [-0.25, -0.2) is 0 Å². The van der Waals surface area contributed by atoms with Gasteiger partial charge in [-0.15, -0.1) is 0 Å². The summed E-state index contributed by atoms with van der Waals surface area (Å²) in [6.45, 7) is 4.74. The van der Waals surface area contributed by atoms with Crippen LogP contribution in [0, 0.1) is 5.92 Å². The monoisotopic (exact) mass is 246 g/mol. The van der Waals surface area contributed by atoms with Crippen molar-refractivity contribution in [1.29, 1.82) is 0 Å². The number of piperidine rings is 3. The van der Waals surface area contributed by atoms with Crippen LogP contribution in [0.1, 0.15) is 18.4 Å². The third kappa shape index (κ3) is 2.38. The van der Waals surface area contributed by atoms with E-state index in [1.807, 2.05) is 12.1 Å². The van der Waals surface area contributed by atoms with Crippen molar-refractivity contribution in [3.63, 3.8) is 0 Å². The lowest BCUT2D eigenvalue weighted by Gasteiger charge is -2.45. The first-order valence-electron chi connectivity index (χ1n) is 6.94. The van der Waals surface area contributed by atoms with Crippen molar-refractivity contribution in [3.05, 3.63) is 29.8 Å². The van der Waals surface area contributed by atoms with E-state index in [2.05, 4.69) is 22.3 Å². The molecule has 3 saturated heterocycles. The molecule has 0 amide bonds. The predicted octanol–water partition coefficient (Wildman–Crippen LogP) is 1.88. The van der Waals surface area contributed by atoms with Crippen LogP contribution >= 0.6 is 0 Å². The Morgan fingerprint density at radius 2 is 2.06 bits per heavy atom. The van der Waals surface area contributed by atoms with Crippen molar-refractivity contribution in [3.8, 4) is 5.75 Å². The van der Waals surface area contributed by atoms with Crippen molar-refractivity contribution < 1.29 is 4.74 Å². The van der Waals surface area contributed by atoms with Gasteiger partial charge in [0.25, 0.3) is 0 Å². The highest BCUT2D eigenvalue weighted by atomic mass is 16.5. The Hall–Kier alpha value is -1.06. The van der Waals surface area contributed by atoms with Crippen LogP contribution in [0.25, 0.3) is 0 Å². The second kappa shape index (κ2) is 5.29. The molecule has 3 nitrogen and oxygen atoms in total. The molecule has 0 radical (unpaired) electrons. The maximum Gasteiger partial charge on any atom is 0.123 e. The summed E-state index contributed by atoms with van der Waals surface area (Å²) in [5.41, 5.74) is 1.26. The molecule has 4 rings (SSSR count). The molecule has 3 fully saturated rings. The fourth-order valence-electron chi connectivity index (χ4n) is 3.29. The number of ether oxygens (including phenoxy) is 1. The summed E-state index contributed by atoms with van der Waals surface area (Å²) in [6, 6.07) is 8.95. The van der Waals surface area contributed by atoms with Crippen LogP contribution in [-0.2, 0) is 6.54 Å². The van der Waals surface area contributed by atoms with Crippen LogP contribution in [0.2, 0.25) is 0 Å². The number of rotatable bonds is 4. The van der Waals surface area contributed by atoms with Gasteiger partial charge in [-0.2, -0.15) is 0 Å². The minimum atomic E-state index is 0.664. The second-order valence-corrected chi connectivity index (χ2v) is 5.44. The molecule has 3 aliphatic rings. The summed E-state index contributed by atoms with van der Waals surface area (Å²) in [5, 5.41) is 3.72. The first kappa shape index (κ1) is 12.0. The Labute approximate surface area is 109 Å². The SMILES string of the molecule is COc1ccccc1CNC1CN2CCC1CC2. The van der Waals surface area contributed by atoms with Crippen molar-refractivity contribution >= 4 is 0 Å². The van der Waals surface area contributed by atoms with E-state index < -0.39 is 0 Å². The van der Waals surface area contributed by atoms with Crippen LogP contribution in [0.4, 0.5) is 0 Å². The van der Waals surface area contributed by atoms with Gasteiger partial charge < -0.3 is 15.0 Å². The quantitative estimate of drug-likeness (QED) is 0.878. The lowest BCUT2D eigenvalue weighted by molar-refractivity contribution is 0.0719. The molecule has 3 heteroatoms. The van der Waals surface area contributed by atoms with Gasteiger partial charge in [0.05, 0.1) is 7.11 Å². The largest absolute Gasteiger partial charge is 0.496 e. The smallest absolute Gasteiger partial charge is 0.123 e. The van der Waals surface area contributed by atoms with Crippen LogP contribution in [0.15, 0.2) is 24.3 Å². The Kier molecular flexibility index (Phi) is 3.52. The number of nitrogens with one attached hydrogen (secondary N) is 1. The molecule has 1 unspecified atom stereocenters. The highest BCUT2D eigenvalue weighted by Crippen LogP contribution is 2.28. The molecule has 0 aliphatic carbocycles. The third-order valence-corrected chi connectivity index (χ3v) is 4.40. The second-order valence-electron chi connectivity index (χ2n) is 5.44. The number of hydrogen-bond donors (Lipinski definition) is 1. The summed E-state index contributed by atoms with van der Waals surface area (Å²) in [4.78, 5) is 2.58. The van der Waals surface area contributed by atoms with Crippen LogP contribution in [0.5, 0.6) is 5.75 Å². The number of para-hydroxylation sites is 1. The van der Waals surface area contributed by atoms with Crippen molar-refractivity contribution in [1.82, 2.24) is 10.2 Å². The molecule has 0 saturated carbocycles. The van der Waals surface area contributed by atoms with Gasteiger partial charge in [-0.1, -0.05) is 18.2 Å². The third-order valence-electron chi connectivity index (χ3n) is 4.40. The normalized spacial score (nSPS) is 30.4. The van der Waals surface area contributed by atoms with E-state index in [9.17, 15) is 0 Å². The fraction of sp³-hybridized carbons (Fsp3) is 0.600. The maximum atomic E-state index is 5.40. The summed E-state index contributed by atoms with van der Waals surface area (Å²) < 4.78 is 5.40. The minimum Gasteiger partial charge on any atom is -0.496 e. The predicted molar refractivity (Wildman–Crippen MR) is 72.8 cm³/mol. The summed E-state index contributed by atoms with van der Waals surface area (Å²) in [6.07, 6.45) is 2.73. The molecular formula is C15H22N2O. The van der Waals surface area contributed by atoms with Gasteiger partial charge in [0.1, 0.15) is 5.75 Å². The molecule has 0 aromatic heterocycles. The highest BCUT2D eigenvalue weighted by Gasteiger charge is 2.33. The summed E-state index contributed by atoms with van der Waals surface area (Å²) in [7, 11) is 1.74. The molecule has 98 valence electrons. The topological polar surface area (TPSA) is 24.5 Å². The summed E-state index contributed by atoms with van der Waals surface area (Å²) in [5.74, 6) is 1.87. The molecule has 0 spiro atoms. The molecule has 18 heavy (non-hydrogen) atoms. The lowest BCUT2D eigenvalue weighted by atomic mass is 9.84. The summed E-state index contributed by atoms with van der Waals surface area (Å²) >= 11 is 0. The minimum absolute atomic E-state index is 0.664. The standard InChI is InChI=1S/C15H22N2O/c1-18-15-5-3-2-4-13(15)10-16-14-11-17-8-6-12(14)7-9-17/h2-5,12,14,16H,6-11H2,1H3. The molecule has 1 atom stereocenters. The molecule has 1 aromatic carbocycles. The molecule has 2 bridgehead atoms. The number of benzene rings is 1. The molecule has 1 aromatic rings. The molecule has 3 heterocycles. The average molecular weight is 246 g/mol. The number of nitrogens with zero attached hydrogens (tertiary/aromatic N) is 1. The first-order chi connectivity index (χ1) is 8.86. The number of fused-ring (bicyclic) bond motifs is 3. The Bertz CT molecular complexity index is 399. The van der Waals surface area contributed by atoms with Crippen LogP contribution < -0.4 is 10.1 Å². The van der Waals surface area contributed by atoms with Gasteiger partial charge in [0.15, 0.2) is 0 Å². The van der Waals surface area contributed by atoms with Gasteiger partial charge in [0.2, 0.25) is 0 Å². The van der Waals surface area contributed by atoms with Crippen LogP contribution in [-0.4, -0.2) is 37.7 Å². The van der Waals surface area contributed by atoms with E-state index >= 15 is 0 Å². The number of methoxy groups -OCH3 is 1.